The van der Waals surface area contributed by atoms with Crippen molar-refractivity contribution in [3.05, 3.63) is 95.4 Å². The van der Waals surface area contributed by atoms with E-state index >= 15 is 0 Å². The van der Waals surface area contributed by atoms with Gasteiger partial charge in [-0.3, -0.25) is 14.8 Å². The molecule has 0 unspecified atom stereocenters. The Kier molecular flexibility index (Phi) is 12.0. The van der Waals surface area contributed by atoms with Gasteiger partial charge >= 0.3 is 0 Å². The molecule has 1 radical (unpaired) electrons. The zero-order chi connectivity index (χ0) is 35.7. The van der Waals surface area contributed by atoms with Gasteiger partial charge in [0.05, 0.1) is 11.3 Å². The number of furan rings is 1. The summed E-state index contributed by atoms with van der Waals surface area (Å²) >= 11 is 0. The number of benzene rings is 3. The molecule has 2 aromatic heterocycles. The minimum Gasteiger partial charge on any atom is -0.512 e. The van der Waals surface area contributed by atoms with Crippen LogP contribution in [0.3, 0.4) is 0 Å². The molecular weight excluding hydrogens is 797 g/mol. The maximum Gasteiger partial charge on any atom is 0.164 e. The second-order valence-electron chi connectivity index (χ2n) is 15.2. The Morgan fingerprint density at radius 1 is 0.960 bits per heavy atom. The minimum absolute atomic E-state index is 0. The van der Waals surface area contributed by atoms with E-state index < -0.39 is 0 Å². The Morgan fingerprint density at radius 3 is 2.26 bits per heavy atom. The fourth-order valence-electron chi connectivity index (χ4n) is 6.98. The summed E-state index contributed by atoms with van der Waals surface area (Å²) < 4.78 is 6.32. The third-order valence-electron chi connectivity index (χ3n) is 11.2. The van der Waals surface area contributed by atoms with Crippen molar-refractivity contribution in [2.45, 2.75) is 107 Å². The first-order chi connectivity index (χ1) is 23.2. The summed E-state index contributed by atoms with van der Waals surface area (Å²) in [6.45, 7) is 21.1. The first-order valence-electron chi connectivity index (χ1n) is 18.0. The molecule has 5 aromatic rings. The molecule has 267 valence electrons. The molecule has 0 spiro atoms. The normalized spacial score (nSPS) is 13.9. The number of hydrogen-bond donors (Lipinski definition) is 1. The molecular formula is C44H53IrN2O3-. The van der Waals surface area contributed by atoms with Crippen molar-refractivity contribution in [3.63, 3.8) is 0 Å². The Balaban J connectivity index is 0.000000269. The van der Waals surface area contributed by atoms with Crippen molar-refractivity contribution in [2.24, 2.45) is 16.7 Å². The average Bonchev–Trinajstić information content (AvgIpc) is 3.60. The molecule has 1 aliphatic carbocycles. The van der Waals surface area contributed by atoms with E-state index in [1.54, 1.807) is 0 Å². The van der Waals surface area contributed by atoms with Crippen LogP contribution in [0.5, 0.6) is 0 Å². The number of fused-ring (bicyclic) bond motifs is 6. The molecule has 50 heavy (non-hydrogen) atoms. The summed E-state index contributed by atoms with van der Waals surface area (Å²) in [7, 11) is 0. The number of allylic oxidation sites excluding steroid dienone is 2. The van der Waals surface area contributed by atoms with Gasteiger partial charge in [-0.15, -0.1) is 29.3 Å². The van der Waals surface area contributed by atoms with Crippen LogP contribution in [-0.4, -0.2) is 20.9 Å². The van der Waals surface area contributed by atoms with Crippen molar-refractivity contribution in [1.29, 1.82) is 0 Å². The molecule has 0 atom stereocenters. The summed E-state index contributed by atoms with van der Waals surface area (Å²) in [5.74, 6) is 2.58. The molecule has 0 saturated heterocycles. The number of nitrogens with zero attached hydrogens (tertiary/aromatic N) is 2. The topological polar surface area (TPSA) is 76.2 Å². The van der Waals surface area contributed by atoms with Gasteiger partial charge in [-0.2, -0.15) is 0 Å². The van der Waals surface area contributed by atoms with E-state index in [0.29, 0.717) is 11.7 Å². The number of rotatable bonds is 10. The van der Waals surface area contributed by atoms with Crippen molar-refractivity contribution in [3.8, 4) is 22.7 Å². The number of aromatic nitrogens is 2. The fourth-order valence-corrected chi connectivity index (χ4v) is 6.98. The van der Waals surface area contributed by atoms with Crippen molar-refractivity contribution >= 4 is 27.7 Å². The van der Waals surface area contributed by atoms with Gasteiger partial charge in [0.15, 0.2) is 5.78 Å². The van der Waals surface area contributed by atoms with Gasteiger partial charge in [-0.25, -0.2) is 0 Å². The van der Waals surface area contributed by atoms with Crippen LogP contribution in [0, 0.1) is 22.8 Å². The Bertz CT molecular complexity index is 2010. The van der Waals surface area contributed by atoms with Crippen LogP contribution in [0.15, 0.2) is 77.0 Å². The first-order valence-corrected chi connectivity index (χ1v) is 18.0. The summed E-state index contributed by atoms with van der Waals surface area (Å²) in [5, 5.41) is 12.4. The summed E-state index contributed by atoms with van der Waals surface area (Å²) in [6, 6.07) is 22.3. The van der Waals surface area contributed by atoms with Gasteiger partial charge in [-0.1, -0.05) is 99.1 Å². The molecule has 0 amide bonds. The smallest absolute Gasteiger partial charge is 0.164 e. The van der Waals surface area contributed by atoms with E-state index in [2.05, 4.69) is 70.2 Å². The molecule has 6 rings (SSSR count). The zero-order valence-electron chi connectivity index (χ0n) is 31.5. The third kappa shape index (κ3) is 7.25. The number of aliphatic hydroxyl groups is 1. The van der Waals surface area contributed by atoms with Crippen LogP contribution in [0.1, 0.15) is 112 Å². The van der Waals surface area contributed by atoms with E-state index in [9.17, 15) is 9.90 Å². The van der Waals surface area contributed by atoms with Crippen molar-refractivity contribution in [1.82, 2.24) is 9.97 Å². The van der Waals surface area contributed by atoms with E-state index in [0.717, 1.165) is 65.5 Å². The van der Waals surface area contributed by atoms with E-state index in [1.165, 1.54) is 28.2 Å². The fraction of sp³-hybridized carbons (Fsp3) is 0.432. The predicted octanol–water partition coefficient (Wildman–Crippen LogP) is 12.0. The molecule has 0 bridgehead atoms. The average molecular weight is 850 g/mol. The van der Waals surface area contributed by atoms with Crippen LogP contribution in [0.4, 0.5) is 0 Å². The quantitative estimate of drug-likeness (QED) is 0.0860. The van der Waals surface area contributed by atoms with Gasteiger partial charge < -0.3 is 9.52 Å². The summed E-state index contributed by atoms with van der Waals surface area (Å²) in [5.41, 5.74) is 6.89. The van der Waals surface area contributed by atoms with Gasteiger partial charge in [0.2, 0.25) is 0 Å². The molecule has 2 heterocycles. The number of hydrogen-bond acceptors (Lipinski definition) is 5. The molecule has 0 saturated carbocycles. The van der Waals surface area contributed by atoms with Gasteiger partial charge in [-0.05, 0) is 67.2 Å². The van der Waals surface area contributed by atoms with E-state index in [-0.39, 0.29) is 47.9 Å². The Labute approximate surface area is 312 Å². The molecule has 0 aliphatic heterocycles. The number of aliphatic hydroxyl groups excluding tert-OH is 1. The van der Waals surface area contributed by atoms with Crippen molar-refractivity contribution < 1.29 is 34.4 Å². The third-order valence-corrected chi connectivity index (χ3v) is 11.2. The maximum atomic E-state index is 12.2. The van der Waals surface area contributed by atoms with E-state index in [1.807, 2.05) is 65.9 Å². The Morgan fingerprint density at radius 2 is 1.62 bits per heavy atom. The Hall–Kier alpha value is -3.60. The first kappa shape index (κ1) is 39.2. The van der Waals surface area contributed by atoms with Crippen LogP contribution >= 0.6 is 0 Å². The number of para-hydroxylation sites is 1. The second kappa shape index (κ2) is 15.3. The number of carbonyl (C=O) groups excluding carboxylic acids is 1. The predicted molar refractivity (Wildman–Crippen MR) is 203 cm³/mol. The van der Waals surface area contributed by atoms with Gasteiger partial charge in [0, 0.05) is 59.5 Å². The summed E-state index contributed by atoms with van der Waals surface area (Å²) in [4.78, 5) is 21.9. The molecule has 0 fully saturated rings. The molecule has 1 aliphatic rings. The number of carbonyl (C=O) groups is 1. The SMILES string of the molecule is CC(C)Cc1ccc2nc(-c3[c-]ccc4c3C(C)(C)c3c-4oc4ccccc34)ncc2c1.CCC(C)(CC)C(=O)/C=C(\O)C(C)(CC)CC.[Ir]. The standard InChI is InChI=1S/C29H25N2O.C15H28O2.Ir/c1-17(2)14-18-12-13-23-19(15-18)16-30-28(31-23)22-10-7-9-21-25(22)29(3,4)26-20-8-5-6-11-24(20)32-27(21)26;1-7-14(5,8-2)12(16)11-13(17)15(6,9-3)10-4;/h5-9,11-13,15-17H,14H2,1-4H3;11,16H,7-10H2,1-6H3;/q-1;;/b;12-11-;. The van der Waals surface area contributed by atoms with Crippen LogP contribution in [-0.2, 0) is 36.7 Å². The van der Waals surface area contributed by atoms with Crippen molar-refractivity contribution in [2.75, 3.05) is 0 Å². The minimum atomic E-state index is -0.337. The molecule has 5 nitrogen and oxygen atoms in total. The van der Waals surface area contributed by atoms with Crippen LogP contribution in [0.25, 0.3) is 44.6 Å². The summed E-state index contributed by atoms with van der Waals surface area (Å²) in [6.07, 6.45) is 7.76. The van der Waals surface area contributed by atoms with Crippen LogP contribution in [0.2, 0.25) is 0 Å². The van der Waals surface area contributed by atoms with Gasteiger partial charge in [0.1, 0.15) is 17.1 Å². The van der Waals surface area contributed by atoms with E-state index in [4.69, 9.17) is 14.4 Å². The monoisotopic (exact) mass is 850 g/mol. The van der Waals surface area contributed by atoms with Crippen LogP contribution < -0.4 is 0 Å². The maximum absolute atomic E-state index is 12.2. The molecule has 6 heteroatoms. The molecule has 1 N–H and O–H groups in total. The second-order valence-corrected chi connectivity index (χ2v) is 15.2. The number of ketones is 1. The van der Waals surface area contributed by atoms with Gasteiger partial charge in [0.25, 0.3) is 0 Å². The zero-order valence-corrected chi connectivity index (χ0v) is 33.9. The largest absolute Gasteiger partial charge is 0.512 e. The molecule has 3 aromatic carbocycles.